The molecular weight excluding hydrogens is 380 g/mol. The van der Waals surface area contributed by atoms with E-state index in [0.29, 0.717) is 34.9 Å². The molecule has 4 fully saturated rings. The fraction of sp³-hybridized carbons (Fsp3) is 0.931. The minimum Gasteiger partial charge on any atom is -0.375 e. The van der Waals surface area contributed by atoms with Crippen LogP contribution in [0.25, 0.3) is 0 Å². The second kappa shape index (κ2) is 8.15. The molecule has 0 N–H and O–H groups in total. The highest BCUT2D eigenvalue weighted by molar-refractivity contribution is 5.24. The summed E-state index contributed by atoms with van der Waals surface area (Å²) < 4.78 is 13.0. The molecule has 0 radical (unpaired) electrons. The first-order valence-electron chi connectivity index (χ1n) is 13.7. The van der Waals surface area contributed by atoms with Crippen LogP contribution in [-0.4, -0.2) is 24.9 Å². The summed E-state index contributed by atoms with van der Waals surface area (Å²) in [5.74, 6) is 4.72. The van der Waals surface area contributed by atoms with E-state index in [-0.39, 0.29) is 6.10 Å². The van der Waals surface area contributed by atoms with Crippen molar-refractivity contribution in [2.45, 2.75) is 118 Å². The van der Waals surface area contributed by atoms with E-state index in [4.69, 9.17) is 9.47 Å². The third-order valence-electron chi connectivity index (χ3n) is 10.8. The Bertz CT molecular complexity index is 699. The lowest BCUT2D eigenvalue weighted by atomic mass is 9.45. The van der Waals surface area contributed by atoms with Crippen molar-refractivity contribution in [3.63, 3.8) is 0 Å². The van der Waals surface area contributed by atoms with Gasteiger partial charge in [-0.25, -0.2) is 0 Å². The van der Waals surface area contributed by atoms with Gasteiger partial charge in [-0.1, -0.05) is 46.3 Å². The molecule has 176 valence electrons. The Morgan fingerprint density at radius 2 is 1.74 bits per heavy atom. The van der Waals surface area contributed by atoms with Crippen LogP contribution in [0.3, 0.4) is 0 Å². The van der Waals surface area contributed by atoms with Crippen molar-refractivity contribution in [1.29, 1.82) is 0 Å². The minimum atomic E-state index is 0.283. The standard InChI is InChI=1S/C29H48O2/c1-18-9-12-29(6)22(13-18)7-8-23-24(29)10-11-28(5)16-20(3)27(26-14-19(2)17-30-26)31-21(4)15-25(23)28/h7,18-21,23-27H,8-17H2,1-6H3/t18-,19+,20-,21?,23?,24?,25?,26+,27?,28+,29-/m0/s1. The second-order valence-electron chi connectivity index (χ2n) is 13.3. The zero-order valence-corrected chi connectivity index (χ0v) is 21.2. The molecule has 5 aliphatic rings. The first-order chi connectivity index (χ1) is 14.7. The van der Waals surface area contributed by atoms with Crippen molar-refractivity contribution in [2.24, 2.45) is 46.3 Å². The number of ether oxygens (including phenoxy) is 2. The summed E-state index contributed by atoms with van der Waals surface area (Å²) in [5, 5.41) is 0. The number of hydrogen-bond acceptors (Lipinski definition) is 2. The van der Waals surface area contributed by atoms with E-state index >= 15 is 0 Å². The van der Waals surface area contributed by atoms with Crippen molar-refractivity contribution in [2.75, 3.05) is 6.61 Å². The molecule has 2 saturated carbocycles. The molecule has 5 unspecified atom stereocenters. The molecule has 2 aliphatic heterocycles. The highest BCUT2D eigenvalue weighted by Gasteiger charge is 2.56. The number of allylic oxidation sites excluding steroid dienone is 2. The minimum absolute atomic E-state index is 0.283. The first-order valence-corrected chi connectivity index (χ1v) is 13.7. The second-order valence-corrected chi connectivity index (χ2v) is 13.3. The summed E-state index contributed by atoms with van der Waals surface area (Å²) in [6.45, 7) is 15.8. The van der Waals surface area contributed by atoms with E-state index < -0.39 is 0 Å². The zero-order valence-electron chi connectivity index (χ0n) is 21.2. The van der Waals surface area contributed by atoms with Crippen LogP contribution in [0.5, 0.6) is 0 Å². The molecule has 31 heavy (non-hydrogen) atoms. The quantitative estimate of drug-likeness (QED) is 0.405. The summed E-state index contributed by atoms with van der Waals surface area (Å²) in [5.41, 5.74) is 2.77. The Hall–Kier alpha value is -0.340. The summed E-state index contributed by atoms with van der Waals surface area (Å²) in [4.78, 5) is 0. The fourth-order valence-electron chi connectivity index (χ4n) is 9.12. The van der Waals surface area contributed by atoms with Crippen LogP contribution in [0.2, 0.25) is 0 Å². The van der Waals surface area contributed by atoms with Gasteiger partial charge in [0.25, 0.3) is 0 Å². The van der Waals surface area contributed by atoms with Gasteiger partial charge >= 0.3 is 0 Å². The van der Waals surface area contributed by atoms with Crippen LogP contribution >= 0.6 is 0 Å². The van der Waals surface area contributed by atoms with Crippen LogP contribution in [0.4, 0.5) is 0 Å². The zero-order chi connectivity index (χ0) is 22.0. The first kappa shape index (κ1) is 22.5. The molecule has 3 aliphatic carbocycles. The van der Waals surface area contributed by atoms with Gasteiger partial charge in [-0.3, -0.25) is 0 Å². The number of rotatable bonds is 1. The molecule has 0 aromatic rings. The fourth-order valence-corrected chi connectivity index (χ4v) is 9.12. The lowest BCUT2D eigenvalue weighted by Crippen LogP contribution is -2.53. The predicted octanol–water partition coefficient (Wildman–Crippen LogP) is 7.42. The Balaban J connectivity index is 1.40. The van der Waals surface area contributed by atoms with Crippen LogP contribution in [0.15, 0.2) is 11.6 Å². The Morgan fingerprint density at radius 3 is 2.48 bits per heavy atom. The monoisotopic (exact) mass is 428 g/mol. The van der Waals surface area contributed by atoms with Crippen LogP contribution < -0.4 is 0 Å². The number of fused-ring (bicyclic) bond motifs is 5. The third-order valence-corrected chi connectivity index (χ3v) is 10.8. The topological polar surface area (TPSA) is 18.5 Å². The van der Waals surface area contributed by atoms with E-state index in [1.54, 1.807) is 0 Å². The van der Waals surface area contributed by atoms with Gasteiger partial charge in [0, 0.05) is 6.61 Å². The SMILES string of the molecule is CC1CC2C3CC=C4C[C@@H](C)CC[C@]4(C)C3CC[C@]2(C)C[C@H](C)C([C@H]2C[C@@H](C)CO2)O1. The summed E-state index contributed by atoms with van der Waals surface area (Å²) >= 11 is 0. The van der Waals surface area contributed by atoms with Crippen molar-refractivity contribution < 1.29 is 9.47 Å². The maximum atomic E-state index is 6.81. The summed E-state index contributed by atoms with van der Waals surface area (Å²) in [7, 11) is 0. The van der Waals surface area contributed by atoms with Crippen LogP contribution in [-0.2, 0) is 9.47 Å². The largest absolute Gasteiger partial charge is 0.375 e. The van der Waals surface area contributed by atoms with Gasteiger partial charge < -0.3 is 9.47 Å². The third kappa shape index (κ3) is 3.86. The van der Waals surface area contributed by atoms with Crippen LogP contribution in [0.1, 0.15) is 99.3 Å². The molecule has 0 amide bonds. The van der Waals surface area contributed by atoms with E-state index in [9.17, 15) is 0 Å². The van der Waals surface area contributed by atoms with Crippen molar-refractivity contribution in [1.82, 2.24) is 0 Å². The Labute approximate surface area is 191 Å². The van der Waals surface area contributed by atoms with Crippen molar-refractivity contribution in [3.8, 4) is 0 Å². The van der Waals surface area contributed by atoms with Crippen molar-refractivity contribution in [3.05, 3.63) is 11.6 Å². The lowest BCUT2D eigenvalue weighted by molar-refractivity contribution is -0.156. The van der Waals surface area contributed by atoms with E-state index in [1.165, 1.54) is 57.8 Å². The van der Waals surface area contributed by atoms with E-state index in [2.05, 4.69) is 47.6 Å². The lowest BCUT2D eigenvalue weighted by Gasteiger charge is -2.60. The molecule has 0 spiro atoms. The Morgan fingerprint density at radius 1 is 0.935 bits per heavy atom. The maximum Gasteiger partial charge on any atom is 0.0866 e. The molecule has 0 aromatic carbocycles. The predicted molar refractivity (Wildman–Crippen MR) is 128 cm³/mol. The van der Waals surface area contributed by atoms with Gasteiger partial charge in [-0.05, 0) is 111 Å². The van der Waals surface area contributed by atoms with Crippen molar-refractivity contribution >= 4 is 0 Å². The highest BCUT2D eigenvalue weighted by Crippen LogP contribution is 2.64. The van der Waals surface area contributed by atoms with Gasteiger partial charge in [0.2, 0.25) is 0 Å². The average molecular weight is 429 g/mol. The van der Waals surface area contributed by atoms with E-state index in [0.717, 1.165) is 30.3 Å². The highest BCUT2D eigenvalue weighted by atomic mass is 16.5. The summed E-state index contributed by atoms with van der Waals surface area (Å²) in [6, 6.07) is 0. The van der Waals surface area contributed by atoms with E-state index in [1.807, 2.05) is 5.57 Å². The molecule has 11 atom stereocenters. The molecule has 0 bridgehead atoms. The molecular formula is C29H48O2. The van der Waals surface area contributed by atoms with Crippen LogP contribution in [0, 0.1) is 46.3 Å². The van der Waals surface area contributed by atoms with Gasteiger partial charge in [-0.2, -0.15) is 0 Å². The van der Waals surface area contributed by atoms with Gasteiger partial charge in [0.05, 0.1) is 18.3 Å². The summed E-state index contributed by atoms with van der Waals surface area (Å²) in [6.07, 6.45) is 15.8. The van der Waals surface area contributed by atoms with Gasteiger partial charge in [0.15, 0.2) is 0 Å². The molecule has 2 heteroatoms. The number of hydrogen-bond donors (Lipinski definition) is 0. The molecule has 0 aromatic heterocycles. The maximum absolute atomic E-state index is 6.81. The van der Waals surface area contributed by atoms with Gasteiger partial charge in [-0.15, -0.1) is 0 Å². The average Bonchev–Trinajstić information content (AvgIpc) is 3.13. The van der Waals surface area contributed by atoms with Gasteiger partial charge in [0.1, 0.15) is 0 Å². The molecule has 2 nitrogen and oxygen atoms in total. The smallest absolute Gasteiger partial charge is 0.0866 e. The normalized spacial score (nSPS) is 55.3. The molecule has 2 saturated heterocycles. The Kier molecular flexibility index (Phi) is 5.91. The molecule has 2 heterocycles. The molecule has 5 rings (SSSR count).